The molecule has 0 spiro atoms. The molecule has 3 rings (SSSR count). The molecule has 5 heteroatoms. The van der Waals surface area contributed by atoms with Gasteiger partial charge in [0.2, 0.25) is 0 Å². The molecule has 1 aliphatic heterocycles. The zero-order valence-corrected chi connectivity index (χ0v) is 14.9. The third-order valence-electron chi connectivity index (χ3n) is 4.48. The lowest BCUT2D eigenvalue weighted by molar-refractivity contribution is 0.180. The minimum Gasteiger partial charge on any atom is -0.296 e. The highest BCUT2D eigenvalue weighted by atomic mass is 32.2. The van der Waals surface area contributed by atoms with Gasteiger partial charge < -0.3 is 0 Å². The fraction of sp³-hybridized carbons (Fsp3) is 0.368. The van der Waals surface area contributed by atoms with Gasteiger partial charge in [0.05, 0.1) is 11.0 Å². The number of likely N-dealkylation sites (tertiary alicyclic amines) is 1. The number of nitrogens with zero attached hydrogens (tertiary/aromatic N) is 1. The molecule has 1 heterocycles. The molecular weight excluding hydrogens is 322 g/mol. The van der Waals surface area contributed by atoms with Gasteiger partial charge in [0.1, 0.15) is 0 Å². The van der Waals surface area contributed by atoms with Crippen LogP contribution in [-0.2, 0) is 20.8 Å². The van der Waals surface area contributed by atoms with E-state index in [0.717, 1.165) is 13.1 Å². The van der Waals surface area contributed by atoms with Crippen molar-refractivity contribution in [2.24, 2.45) is 5.92 Å². The minimum absolute atomic E-state index is 0.174. The van der Waals surface area contributed by atoms with Crippen molar-refractivity contribution in [3.05, 3.63) is 65.7 Å². The van der Waals surface area contributed by atoms with Gasteiger partial charge in [0.15, 0.2) is 0 Å². The Balaban J connectivity index is 1.69. The van der Waals surface area contributed by atoms with Crippen molar-refractivity contribution in [1.82, 2.24) is 4.90 Å². The Hall–Kier alpha value is -1.69. The number of aryl methyl sites for hydroxylation is 1. The molecular formula is C19H23NO3S. The van der Waals surface area contributed by atoms with Crippen LogP contribution in [0.15, 0.2) is 59.5 Å². The molecule has 0 saturated carbocycles. The Kier molecular flexibility index (Phi) is 5.04. The lowest BCUT2D eigenvalue weighted by Crippen LogP contribution is -2.26. The molecule has 0 bridgehead atoms. The van der Waals surface area contributed by atoms with Crippen molar-refractivity contribution < 1.29 is 12.6 Å². The number of rotatable bonds is 5. The molecule has 24 heavy (non-hydrogen) atoms. The second-order valence-corrected chi connectivity index (χ2v) is 8.05. The Morgan fingerprint density at radius 1 is 1.04 bits per heavy atom. The predicted octanol–water partition coefficient (Wildman–Crippen LogP) is 3.22. The van der Waals surface area contributed by atoms with Crippen LogP contribution in [0.2, 0.25) is 0 Å². The lowest BCUT2D eigenvalue weighted by atomic mass is 10.1. The van der Waals surface area contributed by atoms with Crippen LogP contribution < -0.4 is 0 Å². The molecule has 0 radical (unpaired) electrons. The van der Waals surface area contributed by atoms with Gasteiger partial charge in [-0.2, -0.15) is 8.42 Å². The van der Waals surface area contributed by atoms with Gasteiger partial charge in [-0.15, -0.1) is 0 Å². The first-order valence-corrected chi connectivity index (χ1v) is 9.62. The van der Waals surface area contributed by atoms with Crippen LogP contribution >= 0.6 is 0 Å². The summed E-state index contributed by atoms with van der Waals surface area (Å²) < 4.78 is 30.7. The molecule has 128 valence electrons. The van der Waals surface area contributed by atoms with Crippen molar-refractivity contribution in [2.75, 3.05) is 13.1 Å². The third-order valence-corrected chi connectivity index (χ3v) is 5.98. The summed E-state index contributed by atoms with van der Waals surface area (Å²) in [5, 5.41) is 0. The van der Waals surface area contributed by atoms with E-state index in [1.54, 1.807) is 25.1 Å². The third kappa shape index (κ3) is 3.86. The quantitative estimate of drug-likeness (QED) is 0.781. The monoisotopic (exact) mass is 345 g/mol. The van der Waals surface area contributed by atoms with Gasteiger partial charge in [0, 0.05) is 19.6 Å². The van der Waals surface area contributed by atoms with Crippen LogP contribution in [0.3, 0.4) is 0 Å². The van der Waals surface area contributed by atoms with E-state index in [1.807, 2.05) is 31.2 Å². The molecule has 2 atom stereocenters. The molecule has 0 N–H and O–H groups in total. The van der Waals surface area contributed by atoms with Crippen molar-refractivity contribution in [3.8, 4) is 0 Å². The maximum absolute atomic E-state index is 12.6. The Morgan fingerprint density at radius 3 is 2.42 bits per heavy atom. The van der Waals surface area contributed by atoms with Gasteiger partial charge in [-0.25, -0.2) is 0 Å². The second kappa shape index (κ2) is 7.05. The van der Waals surface area contributed by atoms with E-state index in [-0.39, 0.29) is 16.9 Å². The van der Waals surface area contributed by atoms with Crippen LogP contribution in [0.1, 0.15) is 18.1 Å². The van der Waals surface area contributed by atoms with E-state index >= 15 is 0 Å². The summed E-state index contributed by atoms with van der Waals surface area (Å²) in [5.74, 6) is 0.174. The number of hydrogen-bond acceptors (Lipinski definition) is 4. The van der Waals surface area contributed by atoms with Crippen LogP contribution in [0, 0.1) is 12.8 Å². The van der Waals surface area contributed by atoms with Crippen LogP contribution in [0.25, 0.3) is 0 Å². The minimum atomic E-state index is -3.73. The molecule has 0 amide bonds. The number of hydrogen-bond donors (Lipinski definition) is 0. The van der Waals surface area contributed by atoms with E-state index in [9.17, 15) is 8.42 Å². The van der Waals surface area contributed by atoms with Crippen LogP contribution in [0.4, 0.5) is 0 Å². The fourth-order valence-corrected chi connectivity index (χ4v) is 4.57. The van der Waals surface area contributed by atoms with Crippen molar-refractivity contribution in [1.29, 1.82) is 0 Å². The predicted molar refractivity (Wildman–Crippen MR) is 94.1 cm³/mol. The van der Waals surface area contributed by atoms with E-state index in [0.29, 0.717) is 12.1 Å². The highest BCUT2D eigenvalue weighted by Gasteiger charge is 2.34. The number of benzene rings is 2. The van der Waals surface area contributed by atoms with E-state index in [4.69, 9.17) is 4.18 Å². The van der Waals surface area contributed by atoms with Gasteiger partial charge in [-0.3, -0.25) is 9.08 Å². The van der Waals surface area contributed by atoms with E-state index < -0.39 is 10.1 Å². The molecule has 4 nitrogen and oxygen atoms in total. The molecule has 1 saturated heterocycles. The summed E-state index contributed by atoms with van der Waals surface area (Å²) in [6, 6.07) is 17.2. The van der Waals surface area contributed by atoms with Gasteiger partial charge in [0.25, 0.3) is 10.1 Å². The lowest BCUT2D eigenvalue weighted by Gasteiger charge is -2.17. The summed E-state index contributed by atoms with van der Waals surface area (Å²) in [5.41, 5.74) is 1.94. The summed E-state index contributed by atoms with van der Waals surface area (Å²) >= 11 is 0. The summed E-state index contributed by atoms with van der Waals surface area (Å²) in [4.78, 5) is 2.51. The Morgan fingerprint density at radius 2 is 1.71 bits per heavy atom. The van der Waals surface area contributed by atoms with Crippen molar-refractivity contribution in [3.63, 3.8) is 0 Å². The van der Waals surface area contributed by atoms with Gasteiger partial charge in [-0.05, 0) is 30.0 Å². The molecule has 2 unspecified atom stereocenters. The summed E-state index contributed by atoms with van der Waals surface area (Å²) in [7, 11) is -3.73. The first-order valence-electron chi connectivity index (χ1n) is 8.21. The normalized spacial score (nSPS) is 21.9. The van der Waals surface area contributed by atoms with E-state index in [1.165, 1.54) is 5.56 Å². The first-order chi connectivity index (χ1) is 11.5. The zero-order chi connectivity index (χ0) is 17.2. The van der Waals surface area contributed by atoms with Gasteiger partial charge in [-0.1, -0.05) is 55.5 Å². The van der Waals surface area contributed by atoms with Gasteiger partial charge >= 0.3 is 0 Å². The maximum atomic E-state index is 12.6. The van der Waals surface area contributed by atoms with Crippen LogP contribution in [-0.4, -0.2) is 32.5 Å². The van der Waals surface area contributed by atoms with Crippen LogP contribution in [0.5, 0.6) is 0 Å². The first kappa shape index (κ1) is 17.1. The second-order valence-electron chi connectivity index (χ2n) is 6.51. The summed E-state index contributed by atoms with van der Waals surface area (Å²) in [6.07, 6.45) is -0.307. The molecule has 2 aromatic carbocycles. The highest BCUT2D eigenvalue weighted by Crippen LogP contribution is 2.26. The Labute approximate surface area is 144 Å². The largest absolute Gasteiger partial charge is 0.297 e. The fourth-order valence-electron chi connectivity index (χ4n) is 3.18. The van der Waals surface area contributed by atoms with Crippen molar-refractivity contribution >= 4 is 10.1 Å². The van der Waals surface area contributed by atoms with E-state index in [2.05, 4.69) is 17.0 Å². The molecule has 2 aromatic rings. The topological polar surface area (TPSA) is 46.6 Å². The molecule has 0 aromatic heterocycles. The smallest absolute Gasteiger partial charge is 0.296 e. The summed E-state index contributed by atoms with van der Waals surface area (Å²) in [6.45, 7) is 6.11. The highest BCUT2D eigenvalue weighted by molar-refractivity contribution is 7.86. The van der Waals surface area contributed by atoms with Crippen molar-refractivity contribution in [2.45, 2.75) is 31.4 Å². The zero-order valence-electron chi connectivity index (χ0n) is 14.1. The molecule has 1 fully saturated rings. The Bertz CT molecular complexity index is 789. The molecule has 1 aliphatic rings. The average Bonchev–Trinajstić information content (AvgIpc) is 2.87. The standard InChI is InChI=1S/C19H23NO3S/c1-15-8-6-7-11-19(15)24(21,22)23-18-14-20(12-16(18)2)13-17-9-4-3-5-10-17/h3-11,16,18H,12-14H2,1-2H3. The SMILES string of the molecule is Cc1ccccc1S(=O)(=O)OC1CN(Cc2ccccc2)CC1C. The average molecular weight is 345 g/mol. The maximum Gasteiger partial charge on any atom is 0.297 e. The molecule has 0 aliphatic carbocycles.